The molecule has 2 fully saturated rings. The Labute approximate surface area is 93.1 Å². The van der Waals surface area contributed by atoms with Crippen molar-refractivity contribution in [3.8, 4) is 0 Å². The van der Waals surface area contributed by atoms with Gasteiger partial charge in [-0.25, -0.2) is 0 Å². The third kappa shape index (κ3) is 3.74. The first kappa shape index (κ1) is 11.4. The highest BCUT2D eigenvalue weighted by molar-refractivity contribution is 4.71. The van der Waals surface area contributed by atoms with Crippen molar-refractivity contribution < 1.29 is 4.84 Å². The number of hydrogen-bond acceptors (Lipinski definition) is 3. The molecule has 0 aromatic rings. The van der Waals surface area contributed by atoms with Crippen molar-refractivity contribution in [2.24, 2.45) is 0 Å². The van der Waals surface area contributed by atoms with Crippen LogP contribution in [0.5, 0.6) is 0 Å². The van der Waals surface area contributed by atoms with Crippen molar-refractivity contribution in [2.75, 3.05) is 13.4 Å². The van der Waals surface area contributed by atoms with Gasteiger partial charge in [-0.1, -0.05) is 44.9 Å². The molecule has 0 radical (unpaired) electrons. The number of rotatable bonds is 1. The van der Waals surface area contributed by atoms with Crippen molar-refractivity contribution >= 4 is 0 Å². The molecule has 2 aliphatic rings. The summed E-state index contributed by atoms with van der Waals surface area (Å²) in [7, 11) is 0. The lowest BCUT2D eigenvalue weighted by Crippen LogP contribution is -2.34. The van der Waals surface area contributed by atoms with Gasteiger partial charge in [0.15, 0.2) is 0 Å². The molecule has 0 atom stereocenters. The molecule has 0 aromatic heterocycles. The van der Waals surface area contributed by atoms with Crippen molar-refractivity contribution in [2.45, 2.75) is 63.8 Å². The van der Waals surface area contributed by atoms with E-state index in [1.54, 1.807) is 0 Å². The average Bonchev–Trinajstić information content (AvgIpc) is 2.79. The van der Waals surface area contributed by atoms with Gasteiger partial charge in [0, 0.05) is 6.04 Å². The molecular weight excluding hydrogens is 188 g/mol. The lowest BCUT2D eigenvalue weighted by atomic mass is 9.97. The monoisotopic (exact) mass is 212 g/mol. The highest BCUT2D eigenvalue weighted by Gasteiger charge is 2.21. The standard InChI is InChI=1S/C12H24N2O/c1-2-4-6-8-12(9-7-5-3-1)14-10-13-15-11-14/h12-13H,1-11H2. The molecule has 3 nitrogen and oxygen atoms in total. The summed E-state index contributed by atoms with van der Waals surface area (Å²) in [5.41, 5.74) is 2.96. The van der Waals surface area contributed by atoms with Crippen LogP contribution in [0.3, 0.4) is 0 Å². The van der Waals surface area contributed by atoms with Crippen LogP contribution in [-0.2, 0) is 4.84 Å². The Bertz CT molecular complexity index is 159. The van der Waals surface area contributed by atoms with E-state index in [0.29, 0.717) is 0 Å². The molecule has 15 heavy (non-hydrogen) atoms. The van der Waals surface area contributed by atoms with Crippen LogP contribution in [0.4, 0.5) is 0 Å². The van der Waals surface area contributed by atoms with Gasteiger partial charge in [0.05, 0.1) is 6.67 Å². The Hall–Kier alpha value is -0.120. The lowest BCUT2D eigenvalue weighted by Gasteiger charge is -2.26. The summed E-state index contributed by atoms with van der Waals surface area (Å²) in [5.74, 6) is 0. The molecule has 0 spiro atoms. The third-order valence-corrected chi connectivity index (χ3v) is 3.69. The van der Waals surface area contributed by atoms with E-state index >= 15 is 0 Å². The normalized spacial score (nSPS) is 28.0. The van der Waals surface area contributed by atoms with Gasteiger partial charge in [-0.3, -0.25) is 9.74 Å². The second-order valence-corrected chi connectivity index (χ2v) is 4.87. The fourth-order valence-corrected chi connectivity index (χ4v) is 2.69. The predicted octanol–water partition coefficient (Wildman–Crippen LogP) is 2.63. The maximum absolute atomic E-state index is 5.21. The average molecular weight is 212 g/mol. The van der Waals surface area contributed by atoms with Gasteiger partial charge in [0.2, 0.25) is 0 Å². The smallest absolute Gasteiger partial charge is 0.122 e. The van der Waals surface area contributed by atoms with Gasteiger partial charge in [0.25, 0.3) is 0 Å². The molecule has 1 heterocycles. The van der Waals surface area contributed by atoms with Crippen LogP contribution in [-0.4, -0.2) is 24.3 Å². The summed E-state index contributed by atoms with van der Waals surface area (Å²) < 4.78 is 0. The van der Waals surface area contributed by atoms with Gasteiger partial charge < -0.3 is 0 Å². The van der Waals surface area contributed by atoms with Crippen molar-refractivity contribution in [3.63, 3.8) is 0 Å². The van der Waals surface area contributed by atoms with Crippen molar-refractivity contribution in [3.05, 3.63) is 0 Å². The Morgan fingerprint density at radius 1 is 0.867 bits per heavy atom. The Kier molecular flexibility index (Phi) is 4.90. The number of nitrogens with one attached hydrogen (secondary N) is 1. The second-order valence-electron chi connectivity index (χ2n) is 4.87. The highest BCUT2D eigenvalue weighted by atomic mass is 16.7. The molecule has 0 unspecified atom stereocenters. The molecule has 3 heteroatoms. The summed E-state index contributed by atoms with van der Waals surface area (Å²) in [6.07, 6.45) is 12.7. The van der Waals surface area contributed by atoms with Gasteiger partial charge in [-0.05, 0) is 12.8 Å². The van der Waals surface area contributed by atoms with Gasteiger partial charge in [-0.2, -0.15) is 5.48 Å². The summed E-state index contributed by atoms with van der Waals surface area (Å²) in [4.78, 5) is 7.66. The van der Waals surface area contributed by atoms with E-state index in [4.69, 9.17) is 4.84 Å². The van der Waals surface area contributed by atoms with Crippen LogP contribution in [0.15, 0.2) is 0 Å². The van der Waals surface area contributed by atoms with E-state index < -0.39 is 0 Å². The third-order valence-electron chi connectivity index (χ3n) is 3.69. The Morgan fingerprint density at radius 3 is 2.00 bits per heavy atom. The topological polar surface area (TPSA) is 24.5 Å². The molecule has 0 bridgehead atoms. The summed E-state index contributed by atoms with van der Waals surface area (Å²) >= 11 is 0. The molecule has 0 aromatic carbocycles. The van der Waals surface area contributed by atoms with E-state index in [2.05, 4.69) is 10.4 Å². The van der Waals surface area contributed by atoms with Crippen LogP contribution in [0, 0.1) is 0 Å². The maximum atomic E-state index is 5.21. The van der Waals surface area contributed by atoms with E-state index in [1.165, 1.54) is 57.8 Å². The van der Waals surface area contributed by atoms with Crippen LogP contribution in [0.1, 0.15) is 57.8 Å². The molecule has 2 rings (SSSR count). The minimum Gasteiger partial charge on any atom is -0.285 e. The summed E-state index contributed by atoms with van der Waals surface area (Å²) in [6, 6.07) is 0.762. The zero-order valence-corrected chi connectivity index (χ0v) is 9.71. The molecular formula is C12H24N2O. The molecule has 0 amide bonds. The number of hydroxylamine groups is 1. The first-order valence-corrected chi connectivity index (χ1v) is 6.55. The Morgan fingerprint density at radius 2 is 1.47 bits per heavy atom. The van der Waals surface area contributed by atoms with Crippen LogP contribution >= 0.6 is 0 Å². The minimum absolute atomic E-state index is 0.762. The van der Waals surface area contributed by atoms with E-state index in [0.717, 1.165) is 19.4 Å². The van der Waals surface area contributed by atoms with Crippen LogP contribution in [0.2, 0.25) is 0 Å². The predicted molar refractivity (Wildman–Crippen MR) is 61.1 cm³/mol. The molecule has 1 saturated heterocycles. The van der Waals surface area contributed by atoms with E-state index in [1.807, 2.05) is 0 Å². The molecule has 1 aliphatic heterocycles. The van der Waals surface area contributed by atoms with E-state index in [-0.39, 0.29) is 0 Å². The number of nitrogens with zero attached hydrogens (tertiary/aromatic N) is 1. The summed E-state index contributed by atoms with van der Waals surface area (Å²) in [5, 5.41) is 0. The first-order chi connectivity index (χ1) is 7.47. The van der Waals surface area contributed by atoms with Crippen LogP contribution < -0.4 is 5.48 Å². The fourth-order valence-electron chi connectivity index (χ4n) is 2.69. The molecule has 88 valence electrons. The van der Waals surface area contributed by atoms with Gasteiger partial charge >= 0.3 is 0 Å². The fraction of sp³-hybridized carbons (Fsp3) is 1.00. The van der Waals surface area contributed by atoms with Crippen LogP contribution in [0.25, 0.3) is 0 Å². The van der Waals surface area contributed by atoms with Crippen molar-refractivity contribution in [1.29, 1.82) is 0 Å². The first-order valence-electron chi connectivity index (χ1n) is 6.55. The van der Waals surface area contributed by atoms with Gasteiger partial charge in [0.1, 0.15) is 6.73 Å². The molecule has 1 N–H and O–H groups in total. The molecule has 1 saturated carbocycles. The highest BCUT2D eigenvalue weighted by Crippen LogP contribution is 2.21. The van der Waals surface area contributed by atoms with Crippen molar-refractivity contribution in [1.82, 2.24) is 10.4 Å². The number of hydrogen-bond donors (Lipinski definition) is 1. The SMILES string of the molecule is C1CCCCC(N2CNOC2)CCCC1. The summed E-state index contributed by atoms with van der Waals surface area (Å²) in [6.45, 7) is 1.70. The largest absolute Gasteiger partial charge is 0.285 e. The van der Waals surface area contributed by atoms with Gasteiger partial charge in [-0.15, -0.1) is 0 Å². The lowest BCUT2D eigenvalue weighted by molar-refractivity contribution is 0.0641. The quantitative estimate of drug-likeness (QED) is 0.723. The zero-order valence-electron chi connectivity index (χ0n) is 9.71. The zero-order chi connectivity index (χ0) is 10.3. The maximum Gasteiger partial charge on any atom is 0.122 e. The minimum atomic E-state index is 0.762. The van der Waals surface area contributed by atoms with E-state index in [9.17, 15) is 0 Å². The molecule has 1 aliphatic carbocycles. The second kappa shape index (κ2) is 6.46. The Balaban J connectivity index is 1.78.